The predicted octanol–water partition coefficient (Wildman–Crippen LogP) is 1.85. The van der Waals surface area contributed by atoms with Crippen LogP contribution >= 0.6 is 15.9 Å². The van der Waals surface area contributed by atoms with Gasteiger partial charge in [-0.3, -0.25) is 14.2 Å². The van der Waals surface area contributed by atoms with Crippen LogP contribution in [0.4, 0.5) is 0 Å². The van der Waals surface area contributed by atoms with Gasteiger partial charge in [0.2, 0.25) is 5.91 Å². The maximum absolute atomic E-state index is 11.4. The van der Waals surface area contributed by atoms with Crippen LogP contribution in [0.2, 0.25) is 0 Å². The molecule has 0 saturated carbocycles. The Balaban J connectivity index is 2.16. The third-order valence-corrected chi connectivity index (χ3v) is 2.26. The Bertz CT molecular complexity index is 321. The van der Waals surface area contributed by atoms with Crippen molar-refractivity contribution in [1.82, 2.24) is 4.57 Å². The van der Waals surface area contributed by atoms with Crippen molar-refractivity contribution in [1.29, 1.82) is 0 Å². The molecule has 0 spiro atoms. The smallest absolute Gasteiger partial charge is 0.316 e. The molecular formula is C10H12BrNO3. The summed E-state index contributed by atoms with van der Waals surface area (Å²) < 4.78 is 6.33. The van der Waals surface area contributed by atoms with Gasteiger partial charge in [0.25, 0.3) is 0 Å². The molecule has 0 aromatic carbocycles. The fourth-order valence-corrected chi connectivity index (χ4v) is 1.24. The molecule has 15 heavy (non-hydrogen) atoms. The van der Waals surface area contributed by atoms with E-state index in [1.165, 1.54) is 4.57 Å². The van der Waals surface area contributed by atoms with Gasteiger partial charge in [0.05, 0.1) is 6.61 Å². The number of alkyl halides is 1. The van der Waals surface area contributed by atoms with Gasteiger partial charge in [-0.1, -0.05) is 15.9 Å². The molecule has 0 aliphatic rings. The van der Waals surface area contributed by atoms with Gasteiger partial charge in [-0.15, -0.1) is 0 Å². The van der Waals surface area contributed by atoms with Gasteiger partial charge in [0, 0.05) is 18.8 Å². The molecule has 0 unspecified atom stereocenters. The highest BCUT2D eigenvalue weighted by molar-refractivity contribution is 9.09. The summed E-state index contributed by atoms with van der Waals surface area (Å²) in [4.78, 5) is 22.2. The van der Waals surface area contributed by atoms with Gasteiger partial charge in [0.15, 0.2) is 0 Å². The molecule has 1 aromatic rings. The van der Waals surface area contributed by atoms with Crippen molar-refractivity contribution in [2.24, 2.45) is 0 Å². The molecular weight excluding hydrogens is 262 g/mol. The van der Waals surface area contributed by atoms with Crippen molar-refractivity contribution in [2.45, 2.75) is 12.8 Å². The van der Waals surface area contributed by atoms with E-state index in [4.69, 9.17) is 4.74 Å². The average Bonchev–Trinajstić information content (AvgIpc) is 2.77. The molecule has 1 aromatic heterocycles. The van der Waals surface area contributed by atoms with Gasteiger partial charge < -0.3 is 4.74 Å². The second kappa shape index (κ2) is 6.40. The van der Waals surface area contributed by atoms with E-state index >= 15 is 0 Å². The van der Waals surface area contributed by atoms with E-state index in [-0.39, 0.29) is 23.8 Å². The lowest BCUT2D eigenvalue weighted by Gasteiger charge is -2.03. The van der Waals surface area contributed by atoms with Crippen molar-refractivity contribution in [3.05, 3.63) is 24.5 Å². The number of esters is 1. The lowest BCUT2D eigenvalue weighted by Crippen LogP contribution is -2.11. The zero-order valence-electron chi connectivity index (χ0n) is 8.19. The lowest BCUT2D eigenvalue weighted by atomic mass is 10.3. The Morgan fingerprint density at radius 3 is 2.53 bits per heavy atom. The number of nitrogens with zero attached hydrogens (tertiary/aromatic N) is 1. The first kappa shape index (κ1) is 12.0. The molecule has 1 heterocycles. The third-order valence-electron chi connectivity index (χ3n) is 1.80. The molecule has 0 aliphatic heterocycles. The molecule has 82 valence electrons. The third kappa shape index (κ3) is 4.29. The highest BCUT2D eigenvalue weighted by Crippen LogP contribution is 1.98. The Morgan fingerprint density at radius 2 is 1.93 bits per heavy atom. The van der Waals surface area contributed by atoms with Crippen molar-refractivity contribution >= 4 is 27.8 Å². The van der Waals surface area contributed by atoms with Gasteiger partial charge in [-0.05, 0) is 18.6 Å². The Labute approximate surface area is 96.3 Å². The molecule has 0 N–H and O–H groups in total. The number of hydrogen-bond acceptors (Lipinski definition) is 3. The topological polar surface area (TPSA) is 48.3 Å². The summed E-state index contributed by atoms with van der Waals surface area (Å²) in [6.45, 7) is 0.289. The second-order valence-corrected chi connectivity index (χ2v) is 3.50. The van der Waals surface area contributed by atoms with E-state index < -0.39 is 0 Å². The zero-order valence-corrected chi connectivity index (χ0v) is 9.77. The lowest BCUT2D eigenvalue weighted by molar-refractivity contribution is -0.140. The summed E-state index contributed by atoms with van der Waals surface area (Å²) in [5, 5.41) is 0.193. The molecule has 1 rings (SSSR count). The summed E-state index contributed by atoms with van der Waals surface area (Å²) in [5.41, 5.74) is 0. The summed E-state index contributed by atoms with van der Waals surface area (Å²) in [7, 11) is 0. The van der Waals surface area contributed by atoms with Crippen LogP contribution in [0.25, 0.3) is 0 Å². The Morgan fingerprint density at radius 1 is 1.27 bits per heavy atom. The predicted molar refractivity (Wildman–Crippen MR) is 59.0 cm³/mol. The van der Waals surface area contributed by atoms with Crippen molar-refractivity contribution in [3.8, 4) is 0 Å². The average molecular weight is 274 g/mol. The molecule has 0 fully saturated rings. The van der Waals surface area contributed by atoms with E-state index in [1.807, 2.05) is 0 Å². The largest absolute Gasteiger partial charge is 0.465 e. The highest BCUT2D eigenvalue weighted by atomic mass is 79.9. The van der Waals surface area contributed by atoms with E-state index in [0.29, 0.717) is 12.8 Å². The number of hydrogen-bond donors (Lipinski definition) is 0. The SMILES string of the molecule is O=C(CBr)OCCCC(=O)n1cccc1. The second-order valence-electron chi connectivity index (χ2n) is 2.94. The van der Waals surface area contributed by atoms with Crippen LogP contribution in [0, 0.1) is 0 Å². The number of halogens is 1. The van der Waals surface area contributed by atoms with Crippen LogP contribution in [0.5, 0.6) is 0 Å². The first-order chi connectivity index (χ1) is 7.24. The molecule has 0 aliphatic carbocycles. The minimum Gasteiger partial charge on any atom is -0.465 e. The van der Waals surface area contributed by atoms with Gasteiger partial charge in [-0.2, -0.15) is 0 Å². The Kier molecular flexibility index (Phi) is 5.10. The molecule has 0 radical (unpaired) electrons. The number of carbonyl (C=O) groups is 2. The summed E-state index contributed by atoms with van der Waals surface area (Å²) in [6.07, 6.45) is 4.33. The zero-order chi connectivity index (χ0) is 11.1. The number of aromatic nitrogens is 1. The standard InChI is InChI=1S/C10H12BrNO3/c11-8-10(14)15-7-3-4-9(13)12-5-1-2-6-12/h1-2,5-6H,3-4,7-8H2. The first-order valence-corrected chi connectivity index (χ1v) is 5.74. The van der Waals surface area contributed by atoms with Crippen molar-refractivity contribution in [2.75, 3.05) is 11.9 Å². The van der Waals surface area contributed by atoms with Crippen LogP contribution in [0.3, 0.4) is 0 Å². The molecule has 4 nitrogen and oxygen atoms in total. The number of ether oxygens (including phenoxy) is 1. The van der Waals surface area contributed by atoms with E-state index in [0.717, 1.165) is 0 Å². The fraction of sp³-hybridized carbons (Fsp3) is 0.400. The summed E-state index contributed by atoms with van der Waals surface area (Å²) >= 11 is 2.98. The Hall–Kier alpha value is -1.10. The van der Waals surface area contributed by atoms with E-state index in [1.54, 1.807) is 24.5 Å². The molecule has 0 atom stereocenters. The molecule has 5 heteroatoms. The minimum atomic E-state index is -0.302. The van der Waals surface area contributed by atoms with Gasteiger partial charge >= 0.3 is 5.97 Å². The fourth-order valence-electron chi connectivity index (χ4n) is 1.08. The van der Waals surface area contributed by atoms with Crippen LogP contribution in [-0.4, -0.2) is 28.4 Å². The first-order valence-electron chi connectivity index (χ1n) is 4.62. The van der Waals surface area contributed by atoms with E-state index in [9.17, 15) is 9.59 Å². The summed E-state index contributed by atoms with van der Waals surface area (Å²) in [5.74, 6) is -0.293. The number of carbonyl (C=O) groups excluding carboxylic acids is 2. The van der Waals surface area contributed by atoms with Gasteiger partial charge in [0.1, 0.15) is 5.33 Å². The van der Waals surface area contributed by atoms with Crippen LogP contribution < -0.4 is 0 Å². The quantitative estimate of drug-likeness (QED) is 0.467. The normalized spacial score (nSPS) is 9.93. The van der Waals surface area contributed by atoms with Crippen molar-refractivity contribution in [3.63, 3.8) is 0 Å². The summed E-state index contributed by atoms with van der Waals surface area (Å²) in [6, 6.07) is 3.59. The van der Waals surface area contributed by atoms with Gasteiger partial charge in [-0.25, -0.2) is 0 Å². The highest BCUT2D eigenvalue weighted by Gasteiger charge is 2.04. The molecule has 0 bridgehead atoms. The van der Waals surface area contributed by atoms with E-state index in [2.05, 4.69) is 15.9 Å². The molecule has 0 saturated heterocycles. The minimum absolute atomic E-state index is 0.00916. The van der Waals surface area contributed by atoms with Crippen LogP contribution in [0.15, 0.2) is 24.5 Å². The molecule has 0 amide bonds. The maximum Gasteiger partial charge on any atom is 0.316 e. The number of rotatable bonds is 5. The van der Waals surface area contributed by atoms with Crippen LogP contribution in [0.1, 0.15) is 17.6 Å². The maximum atomic E-state index is 11.4. The monoisotopic (exact) mass is 273 g/mol. The van der Waals surface area contributed by atoms with Crippen molar-refractivity contribution < 1.29 is 14.3 Å². The van der Waals surface area contributed by atoms with Crippen LogP contribution in [-0.2, 0) is 9.53 Å².